The molecule has 24 heavy (non-hydrogen) atoms. The number of fused-ring (bicyclic) bond motifs is 3. The third-order valence-corrected chi connectivity index (χ3v) is 6.96. The lowest BCUT2D eigenvalue weighted by molar-refractivity contribution is -0.133. The molecule has 0 saturated carbocycles. The zero-order valence-corrected chi connectivity index (χ0v) is 14.9. The highest BCUT2D eigenvalue weighted by Gasteiger charge is 2.72. The van der Waals surface area contributed by atoms with Gasteiger partial charge in [0, 0.05) is 25.3 Å². The van der Waals surface area contributed by atoms with Crippen LogP contribution in [0.15, 0.2) is 36.9 Å². The number of carbonyl (C=O) groups excluding carboxylic acids is 2. The molecule has 1 aromatic rings. The molecule has 1 N–H and O–H groups in total. The van der Waals surface area contributed by atoms with Crippen LogP contribution in [0.1, 0.15) is 5.56 Å². The number of thioether (sulfide) groups is 1. The van der Waals surface area contributed by atoms with Gasteiger partial charge in [0.25, 0.3) is 0 Å². The molecular weight excluding hydrogens is 342 g/mol. The van der Waals surface area contributed by atoms with Crippen molar-refractivity contribution >= 4 is 45.8 Å². The first-order chi connectivity index (χ1) is 11.5. The summed E-state index contributed by atoms with van der Waals surface area (Å²) in [4.78, 5) is 30.1. The van der Waals surface area contributed by atoms with E-state index in [0.717, 1.165) is 11.3 Å². The van der Waals surface area contributed by atoms with Gasteiger partial charge >= 0.3 is 0 Å². The number of thiocarbonyl (C=S) groups is 1. The number of rotatable bonds is 2. The molecule has 0 unspecified atom stereocenters. The quantitative estimate of drug-likeness (QED) is 0.642. The van der Waals surface area contributed by atoms with E-state index in [1.807, 2.05) is 36.2 Å². The van der Waals surface area contributed by atoms with Gasteiger partial charge in [-0.3, -0.25) is 14.5 Å². The fourth-order valence-corrected chi connectivity index (χ4v) is 6.26. The SMILES string of the molecule is C=CCN1C(=O)[C@]2(CN(C)C[C@]23C(=O)Nc2ccccc23)SC1=S. The maximum atomic E-state index is 13.4. The number of anilines is 1. The summed E-state index contributed by atoms with van der Waals surface area (Å²) < 4.78 is -0.398. The maximum absolute atomic E-state index is 13.4. The maximum Gasteiger partial charge on any atom is 0.247 e. The van der Waals surface area contributed by atoms with Crippen LogP contribution in [0, 0.1) is 0 Å². The van der Waals surface area contributed by atoms with Crippen molar-refractivity contribution in [3.8, 4) is 0 Å². The number of hydrogen-bond acceptors (Lipinski definition) is 5. The Morgan fingerprint density at radius 3 is 2.88 bits per heavy atom. The van der Waals surface area contributed by atoms with Gasteiger partial charge in [-0.25, -0.2) is 0 Å². The molecular formula is C17H17N3O2S2. The van der Waals surface area contributed by atoms with E-state index in [1.165, 1.54) is 11.8 Å². The molecule has 2 atom stereocenters. The Morgan fingerprint density at radius 1 is 1.38 bits per heavy atom. The molecule has 4 rings (SSSR count). The monoisotopic (exact) mass is 359 g/mol. The van der Waals surface area contributed by atoms with Gasteiger partial charge in [-0.05, 0) is 18.7 Å². The molecule has 0 aliphatic carbocycles. The van der Waals surface area contributed by atoms with Gasteiger partial charge in [0.05, 0.1) is 0 Å². The minimum Gasteiger partial charge on any atom is -0.325 e. The second-order valence-electron chi connectivity index (χ2n) is 6.48. The van der Waals surface area contributed by atoms with Crippen LogP contribution in [0.3, 0.4) is 0 Å². The van der Waals surface area contributed by atoms with Gasteiger partial charge < -0.3 is 10.2 Å². The predicted molar refractivity (Wildman–Crippen MR) is 99.1 cm³/mol. The summed E-state index contributed by atoms with van der Waals surface area (Å²) in [5.41, 5.74) is 0.766. The average molecular weight is 359 g/mol. The van der Waals surface area contributed by atoms with Crippen molar-refractivity contribution in [1.29, 1.82) is 0 Å². The Balaban J connectivity index is 1.93. The highest BCUT2D eigenvalue weighted by Crippen LogP contribution is 2.58. The minimum absolute atomic E-state index is 0.0893. The third kappa shape index (κ3) is 1.72. The molecule has 1 aromatic carbocycles. The van der Waals surface area contributed by atoms with Crippen LogP contribution < -0.4 is 5.32 Å². The van der Waals surface area contributed by atoms with Crippen LogP contribution in [-0.4, -0.2) is 57.4 Å². The normalized spacial score (nSPS) is 32.0. The molecule has 124 valence electrons. The molecule has 0 radical (unpaired) electrons. The summed E-state index contributed by atoms with van der Waals surface area (Å²) in [6.45, 7) is 5.07. The van der Waals surface area contributed by atoms with Crippen molar-refractivity contribution in [2.75, 3.05) is 32.0 Å². The van der Waals surface area contributed by atoms with Gasteiger partial charge in [0.15, 0.2) is 0 Å². The minimum atomic E-state index is -0.918. The summed E-state index contributed by atoms with van der Waals surface area (Å²) in [5, 5.41) is 2.97. The Kier molecular flexibility index (Phi) is 3.39. The number of nitrogens with one attached hydrogen (secondary N) is 1. The van der Waals surface area contributed by atoms with Gasteiger partial charge in [-0.15, -0.1) is 6.58 Å². The molecule has 5 nitrogen and oxygen atoms in total. The van der Waals surface area contributed by atoms with E-state index in [1.54, 1.807) is 11.0 Å². The van der Waals surface area contributed by atoms with Gasteiger partial charge in [0.1, 0.15) is 14.5 Å². The van der Waals surface area contributed by atoms with Crippen molar-refractivity contribution in [3.63, 3.8) is 0 Å². The summed E-state index contributed by atoms with van der Waals surface area (Å²) in [6.07, 6.45) is 1.66. The van der Waals surface area contributed by atoms with Gasteiger partial charge in [-0.1, -0.05) is 48.3 Å². The average Bonchev–Trinajstić information content (AvgIpc) is 3.09. The second-order valence-corrected chi connectivity index (χ2v) is 8.41. The Bertz CT molecular complexity index is 796. The third-order valence-electron chi connectivity index (χ3n) is 5.10. The van der Waals surface area contributed by atoms with Crippen molar-refractivity contribution in [2.45, 2.75) is 10.2 Å². The summed E-state index contributed by atoms with van der Waals surface area (Å²) in [6, 6.07) is 7.64. The number of para-hydroxylation sites is 1. The fourth-order valence-electron chi connectivity index (χ4n) is 4.18. The van der Waals surface area contributed by atoms with Crippen molar-refractivity contribution in [1.82, 2.24) is 9.80 Å². The predicted octanol–water partition coefficient (Wildman–Crippen LogP) is 1.61. The smallest absolute Gasteiger partial charge is 0.247 e. The Morgan fingerprint density at radius 2 is 2.12 bits per heavy atom. The standard InChI is InChI=1S/C17H17N3O2S2/c1-3-8-20-14(22)17(24-15(20)23)10-19(2)9-16(17)11-6-4-5-7-12(11)18-13(16)21/h3-7H,1,8-10H2,2H3,(H,18,21)/t16-,17-/m0/s1. The number of hydrogen-bond donors (Lipinski definition) is 1. The molecule has 3 heterocycles. The van der Waals surface area contributed by atoms with Crippen LogP contribution in [0.25, 0.3) is 0 Å². The Labute approximate surface area is 150 Å². The highest BCUT2D eigenvalue weighted by molar-refractivity contribution is 8.25. The largest absolute Gasteiger partial charge is 0.325 e. The molecule has 0 aromatic heterocycles. The van der Waals surface area contributed by atoms with Crippen molar-refractivity contribution < 1.29 is 9.59 Å². The van der Waals surface area contributed by atoms with Crippen LogP contribution in [-0.2, 0) is 15.0 Å². The van der Waals surface area contributed by atoms with E-state index >= 15 is 0 Å². The van der Waals surface area contributed by atoms with E-state index in [2.05, 4.69) is 11.9 Å². The molecule has 2 spiro atoms. The van der Waals surface area contributed by atoms with E-state index in [4.69, 9.17) is 12.2 Å². The lowest BCUT2D eigenvalue weighted by Gasteiger charge is -2.34. The summed E-state index contributed by atoms with van der Waals surface area (Å²) in [5.74, 6) is -0.203. The zero-order chi connectivity index (χ0) is 17.1. The van der Waals surface area contributed by atoms with E-state index in [-0.39, 0.29) is 11.8 Å². The number of nitrogens with zero attached hydrogens (tertiary/aromatic N) is 2. The van der Waals surface area contributed by atoms with Gasteiger partial charge in [-0.2, -0.15) is 0 Å². The number of likely N-dealkylation sites (tertiary alicyclic amines) is 1. The molecule has 3 aliphatic heterocycles. The number of amides is 2. The molecule has 2 fully saturated rings. The van der Waals surface area contributed by atoms with Crippen molar-refractivity contribution in [3.05, 3.63) is 42.5 Å². The zero-order valence-electron chi connectivity index (χ0n) is 13.2. The first-order valence-electron chi connectivity index (χ1n) is 7.71. The van der Waals surface area contributed by atoms with E-state index in [9.17, 15) is 9.59 Å². The van der Waals surface area contributed by atoms with Crippen LogP contribution in [0.2, 0.25) is 0 Å². The number of benzene rings is 1. The summed E-state index contributed by atoms with van der Waals surface area (Å²) in [7, 11) is 1.94. The first-order valence-corrected chi connectivity index (χ1v) is 8.94. The first kappa shape index (κ1) is 15.8. The molecule has 2 amide bonds. The van der Waals surface area contributed by atoms with Crippen LogP contribution in [0.4, 0.5) is 5.69 Å². The lowest BCUT2D eigenvalue weighted by atomic mass is 9.72. The van der Waals surface area contributed by atoms with Crippen LogP contribution >= 0.6 is 24.0 Å². The lowest BCUT2D eigenvalue weighted by Crippen LogP contribution is -2.57. The topological polar surface area (TPSA) is 52.7 Å². The molecule has 0 bridgehead atoms. The number of carbonyl (C=O) groups is 2. The fraction of sp³-hybridized carbons (Fsp3) is 0.353. The molecule has 2 saturated heterocycles. The van der Waals surface area contributed by atoms with E-state index < -0.39 is 10.2 Å². The summed E-state index contributed by atoms with van der Waals surface area (Å²) >= 11 is 6.81. The highest BCUT2D eigenvalue weighted by atomic mass is 32.2. The molecule has 3 aliphatic rings. The Hall–Kier alpha value is -1.70. The van der Waals surface area contributed by atoms with Crippen LogP contribution in [0.5, 0.6) is 0 Å². The van der Waals surface area contributed by atoms with Gasteiger partial charge in [0.2, 0.25) is 11.8 Å². The van der Waals surface area contributed by atoms with E-state index in [0.29, 0.717) is 24.0 Å². The van der Waals surface area contributed by atoms with Crippen molar-refractivity contribution in [2.24, 2.45) is 0 Å². The second kappa shape index (κ2) is 5.15. The molecule has 7 heteroatoms. The number of likely N-dealkylation sites (N-methyl/N-ethyl adjacent to an activating group) is 1.